The van der Waals surface area contributed by atoms with Crippen molar-refractivity contribution in [3.8, 4) is 11.3 Å². The van der Waals surface area contributed by atoms with Gasteiger partial charge in [0.05, 0.1) is 30.6 Å². The van der Waals surface area contributed by atoms with E-state index in [1.165, 1.54) is 0 Å². The van der Waals surface area contributed by atoms with Gasteiger partial charge in [-0.05, 0) is 50.6 Å². The Morgan fingerprint density at radius 1 is 1.11 bits per heavy atom. The third-order valence-electron chi connectivity index (χ3n) is 7.43. The first-order valence-electron chi connectivity index (χ1n) is 12.7. The molecular formula is C28H31N5O3. The zero-order chi connectivity index (χ0) is 24.6. The second-order valence-corrected chi connectivity index (χ2v) is 9.77. The largest absolute Gasteiger partial charge is 0.379 e. The van der Waals surface area contributed by atoms with Crippen LogP contribution in [0.15, 0.2) is 59.3 Å². The Hall–Kier alpha value is -3.49. The number of hydrogen-bond acceptors (Lipinski definition) is 6. The van der Waals surface area contributed by atoms with E-state index in [0.29, 0.717) is 12.5 Å². The number of nitrogens with zero attached hydrogens (tertiary/aromatic N) is 5. The first-order valence-corrected chi connectivity index (χ1v) is 12.7. The van der Waals surface area contributed by atoms with E-state index in [-0.39, 0.29) is 11.9 Å². The molecule has 0 bridgehead atoms. The SMILES string of the molecule is Cc1noc2ccc(-c3cn(C[C@H](C)N4CCOCC4)c([C@@H]4CCC(=O)N4c4ccccc4)n3)cc12. The number of amides is 1. The van der Waals surface area contributed by atoms with E-state index in [9.17, 15) is 4.79 Å². The van der Waals surface area contributed by atoms with E-state index in [4.69, 9.17) is 14.2 Å². The number of aryl methyl sites for hydroxylation is 1. The summed E-state index contributed by atoms with van der Waals surface area (Å²) in [4.78, 5) is 22.6. The van der Waals surface area contributed by atoms with E-state index in [2.05, 4.69) is 33.8 Å². The van der Waals surface area contributed by atoms with Crippen molar-refractivity contribution in [2.75, 3.05) is 31.2 Å². The molecule has 6 rings (SSSR count). The summed E-state index contributed by atoms with van der Waals surface area (Å²) >= 11 is 0. The van der Waals surface area contributed by atoms with Crippen LogP contribution in [0.4, 0.5) is 5.69 Å². The standard InChI is InChI=1S/C28H31N5O3/c1-19(31-12-14-35-15-13-31)17-32-18-24(21-8-10-26-23(16-21)20(2)30-36-26)29-28(32)25-9-11-27(34)33(25)22-6-4-3-5-7-22/h3-8,10,16,18-19,25H,9,11-15,17H2,1-2H3/t19-,25-/m0/s1. The highest BCUT2D eigenvalue weighted by Gasteiger charge is 2.36. The van der Waals surface area contributed by atoms with Crippen LogP contribution in [-0.4, -0.2) is 57.9 Å². The molecule has 0 spiro atoms. The summed E-state index contributed by atoms with van der Waals surface area (Å²) in [6.45, 7) is 8.40. The van der Waals surface area contributed by atoms with E-state index in [1.54, 1.807) is 0 Å². The molecule has 4 aromatic rings. The van der Waals surface area contributed by atoms with Gasteiger partial charge in [0.25, 0.3) is 0 Å². The van der Waals surface area contributed by atoms with E-state index in [1.807, 2.05) is 54.3 Å². The van der Waals surface area contributed by atoms with Crippen LogP contribution in [0.5, 0.6) is 0 Å². The number of anilines is 1. The molecule has 1 amide bonds. The normalized spacial score (nSPS) is 19.9. The van der Waals surface area contributed by atoms with Gasteiger partial charge in [-0.2, -0.15) is 0 Å². The van der Waals surface area contributed by atoms with Crippen molar-refractivity contribution in [1.29, 1.82) is 0 Å². The van der Waals surface area contributed by atoms with Gasteiger partial charge < -0.3 is 18.7 Å². The van der Waals surface area contributed by atoms with Crippen LogP contribution in [0, 0.1) is 6.92 Å². The Labute approximate surface area is 210 Å². The number of rotatable bonds is 6. The van der Waals surface area contributed by atoms with Gasteiger partial charge in [-0.1, -0.05) is 23.4 Å². The summed E-state index contributed by atoms with van der Waals surface area (Å²) in [6.07, 6.45) is 3.41. The van der Waals surface area contributed by atoms with E-state index in [0.717, 1.165) is 78.7 Å². The van der Waals surface area contributed by atoms with Crippen LogP contribution in [0.25, 0.3) is 22.2 Å². The molecular weight excluding hydrogens is 454 g/mol. The molecule has 2 fully saturated rings. The van der Waals surface area contributed by atoms with E-state index < -0.39 is 0 Å². The predicted octanol–water partition coefficient (Wildman–Crippen LogP) is 4.59. The quantitative estimate of drug-likeness (QED) is 0.398. The number of ether oxygens (including phenoxy) is 1. The van der Waals surface area contributed by atoms with Gasteiger partial charge in [0, 0.05) is 54.9 Å². The van der Waals surface area contributed by atoms with Crippen molar-refractivity contribution in [3.63, 3.8) is 0 Å². The topological polar surface area (TPSA) is 76.6 Å². The van der Waals surface area contributed by atoms with Crippen molar-refractivity contribution >= 4 is 22.6 Å². The third-order valence-corrected chi connectivity index (χ3v) is 7.43. The molecule has 2 aromatic carbocycles. The molecule has 0 N–H and O–H groups in total. The average molecular weight is 486 g/mol. The average Bonchev–Trinajstić information content (AvgIpc) is 3.61. The van der Waals surface area contributed by atoms with Gasteiger partial charge in [0.2, 0.25) is 5.91 Å². The fourth-order valence-electron chi connectivity index (χ4n) is 5.46. The lowest BCUT2D eigenvalue weighted by molar-refractivity contribution is -0.117. The zero-order valence-electron chi connectivity index (χ0n) is 20.8. The molecule has 0 saturated carbocycles. The maximum Gasteiger partial charge on any atom is 0.227 e. The summed E-state index contributed by atoms with van der Waals surface area (Å²) in [5.74, 6) is 1.08. The minimum Gasteiger partial charge on any atom is -0.379 e. The predicted molar refractivity (Wildman–Crippen MR) is 138 cm³/mol. The lowest BCUT2D eigenvalue weighted by atomic mass is 10.1. The summed E-state index contributed by atoms with van der Waals surface area (Å²) in [5.41, 5.74) is 4.47. The number of benzene rings is 2. The number of imidazole rings is 1. The van der Waals surface area contributed by atoms with Crippen molar-refractivity contribution in [1.82, 2.24) is 19.6 Å². The lowest BCUT2D eigenvalue weighted by Gasteiger charge is -2.33. The second-order valence-electron chi connectivity index (χ2n) is 9.77. The number of carbonyl (C=O) groups excluding carboxylic acids is 1. The molecule has 2 aliphatic heterocycles. The van der Waals surface area contributed by atoms with Crippen LogP contribution in [0.1, 0.15) is 37.3 Å². The van der Waals surface area contributed by atoms with Gasteiger partial charge in [-0.25, -0.2) is 4.98 Å². The van der Waals surface area contributed by atoms with Crippen molar-refractivity contribution in [3.05, 3.63) is 66.2 Å². The van der Waals surface area contributed by atoms with E-state index >= 15 is 0 Å². The maximum atomic E-state index is 13.0. The smallest absolute Gasteiger partial charge is 0.227 e. The Kier molecular flexibility index (Phi) is 6.07. The Bertz CT molecular complexity index is 1370. The Morgan fingerprint density at radius 2 is 1.92 bits per heavy atom. The number of hydrogen-bond donors (Lipinski definition) is 0. The highest BCUT2D eigenvalue weighted by molar-refractivity contribution is 5.96. The second kappa shape index (κ2) is 9.52. The van der Waals surface area contributed by atoms with Crippen molar-refractivity contribution in [2.45, 2.75) is 45.3 Å². The molecule has 0 unspecified atom stereocenters. The molecule has 2 aliphatic rings. The summed E-state index contributed by atoms with van der Waals surface area (Å²) in [7, 11) is 0. The van der Waals surface area contributed by atoms with Gasteiger partial charge in [0.1, 0.15) is 5.82 Å². The molecule has 8 heteroatoms. The summed E-state index contributed by atoms with van der Waals surface area (Å²) in [5, 5.41) is 5.09. The van der Waals surface area contributed by atoms with Crippen LogP contribution < -0.4 is 4.90 Å². The minimum absolute atomic E-state index is 0.105. The fourth-order valence-corrected chi connectivity index (χ4v) is 5.46. The number of fused-ring (bicyclic) bond motifs is 1. The molecule has 2 saturated heterocycles. The molecule has 36 heavy (non-hydrogen) atoms. The molecule has 186 valence electrons. The highest BCUT2D eigenvalue weighted by atomic mass is 16.5. The first-order chi connectivity index (χ1) is 17.6. The summed E-state index contributed by atoms with van der Waals surface area (Å²) < 4.78 is 13.2. The Morgan fingerprint density at radius 3 is 2.72 bits per heavy atom. The third kappa shape index (κ3) is 4.20. The molecule has 8 nitrogen and oxygen atoms in total. The maximum absolute atomic E-state index is 13.0. The summed E-state index contributed by atoms with van der Waals surface area (Å²) in [6, 6.07) is 16.2. The molecule has 2 aromatic heterocycles. The molecule has 4 heterocycles. The number of aromatic nitrogens is 3. The van der Waals surface area contributed by atoms with Crippen LogP contribution in [0.3, 0.4) is 0 Å². The first kappa shape index (κ1) is 22.9. The molecule has 0 aliphatic carbocycles. The Balaban J connectivity index is 1.40. The number of para-hydroxylation sites is 1. The monoisotopic (exact) mass is 485 g/mol. The molecule has 2 atom stereocenters. The number of carbonyl (C=O) groups is 1. The van der Waals surface area contributed by atoms with Crippen molar-refractivity contribution < 1.29 is 14.1 Å². The van der Waals surface area contributed by atoms with Crippen LogP contribution in [0.2, 0.25) is 0 Å². The number of morpholine rings is 1. The van der Waals surface area contributed by atoms with Crippen molar-refractivity contribution in [2.24, 2.45) is 0 Å². The van der Waals surface area contributed by atoms with Crippen LogP contribution in [-0.2, 0) is 16.1 Å². The molecule has 0 radical (unpaired) electrons. The zero-order valence-corrected chi connectivity index (χ0v) is 20.8. The van der Waals surface area contributed by atoms with Gasteiger partial charge in [0.15, 0.2) is 5.58 Å². The van der Waals surface area contributed by atoms with Gasteiger partial charge in [-0.15, -0.1) is 0 Å². The fraction of sp³-hybridized carbons (Fsp3) is 0.393. The minimum atomic E-state index is -0.105. The van der Waals surface area contributed by atoms with Gasteiger partial charge >= 0.3 is 0 Å². The highest BCUT2D eigenvalue weighted by Crippen LogP contribution is 2.38. The lowest BCUT2D eigenvalue weighted by Crippen LogP contribution is -2.44. The van der Waals surface area contributed by atoms with Gasteiger partial charge in [-0.3, -0.25) is 9.69 Å². The van der Waals surface area contributed by atoms with Crippen LogP contribution >= 0.6 is 0 Å².